The molecule has 1 saturated carbocycles. The van der Waals surface area contributed by atoms with E-state index in [2.05, 4.69) is 10.3 Å². The van der Waals surface area contributed by atoms with E-state index in [0.29, 0.717) is 19.4 Å². The number of likely N-dealkylation sites (N-methyl/N-ethyl adjacent to an activating group) is 1. The van der Waals surface area contributed by atoms with E-state index in [1.54, 1.807) is 24.5 Å². The molecule has 1 aromatic carbocycles. The maximum atomic E-state index is 13.2. The van der Waals surface area contributed by atoms with E-state index in [1.807, 2.05) is 24.1 Å². The Bertz CT molecular complexity index is 718. The number of aromatic nitrogens is 1. The highest BCUT2D eigenvalue weighted by molar-refractivity contribution is 5.78. The Morgan fingerprint density at radius 3 is 2.54 bits per heavy atom. The van der Waals surface area contributed by atoms with Gasteiger partial charge in [0.15, 0.2) is 0 Å². The summed E-state index contributed by atoms with van der Waals surface area (Å²) in [6.45, 7) is 0.911. The summed E-state index contributed by atoms with van der Waals surface area (Å²) in [6.07, 6.45) is 4.45. The largest absolute Gasteiger partial charge is 0.393 e. The molecule has 26 heavy (non-hydrogen) atoms. The van der Waals surface area contributed by atoms with Crippen LogP contribution in [0.15, 0.2) is 48.8 Å². The Morgan fingerprint density at radius 1 is 1.27 bits per heavy atom. The summed E-state index contributed by atoms with van der Waals surface area (Å²) < 4.78 is 13.2. The smallest absolute Gasteiger partial charge is 0.234 e. The second kappa shape index (κ2) is 8.38. The first kappa shape index (κ1) is 18.5. The average Bonchev–Trinajstić information content (AvgIpc) is 2.59. The van der Waals surface area contributed by atoms with E-state index in [-0.39, 0.29) is 36.3 Å². The maximum absolute atomic E-state index is 13.2. The molecular formula is C20H24FN3O2. The Kier molecular flexibility index (Phi) is 5.96. The lowest BCUT2D eigenvalue weighted by molar-refractivity contribution is -0.124. The quantitative estimate of drug-likeness (QED) is 0.798. The lowest BCUT2D eigenvalue weighted by atomic mass is 9.75. The van der Waals surface area contributed by atoms with Gasteiger partial charge in [-0.25, -0.2) is 4.39 Å². The molecule has 1 aliphatic rings. The molecule has 0 aliphatic heterocycles. The number of hydrogen-bond acceptors (Lipinski definition) is 4. The summed E-state index contributed by atoms with van der Waals surface area (Å²) >= 11 is 0. The molecule has 1 fully saturated rings. The molecule has 1 aromatic heterocycles. The zero-order valence-electron chi connectivity index (χ0n) is 14.8. The van der Waals surface area contributed by atoms with E-state index < -0.39 is 0 Å². The minimum Gasteiger partial charge on any atom is -0.393 e. The van der Waals surface area contributed by atoms with Crippen molar-refractivity contribution in [2.24, 2.45) is 5.92 Å². The minimum absolute atomic E-state index is 0.0859. The molecule has 2 aromatic rings. The van der Waals surface area contributed by atoms with Gasteiger partial charge in [0.1, 0.15) is 5.82 Å². The standard InChI is InChI=1S/C20H24FN3O2/c1-24(12-14-6-8-22-9-7-14)13-19(26)23-20(16-10-18(25)11-16)15-2-4-17(21)5-3-15/h2-9,16,18,20,25H,10-13H2,1H3,(H,23,26)/t16?,18?,20-/m0/s1. The summed E-state index contributed by atoms with van der Waals surface area (Å²) in [5, 5.41) is 12.7. The van der Waals surface area contributed by atoms with Crippen LogP contribution in [-0.2, 0) is 11.3 Å². The summed E-state index contributed by atoms with van der Waals surface area (Å²) in [4.78, 5) is 18.4. The number of nitrogens with zero attached hydrogens (tertiary/aromatic N) is 2. The van der Waals surface area contributed by atoms with Crippen molar-refractivity contribution in [3.05, 3.63) is 65.7 Å². The fraction of sp³-hybridized carbons (Fsp3) is 0.400. The highest BCUT2D eigenvalue weighted by atomic mass is 19.1. The van der Waals surface area contributed by atoms with Gasteiger partial charge in [-0.3, -0.25) is 14.7 Å². The van der Waals surface area contributed by atoms with Crippen molar-refractivity contribution >= 4 is 5.91 Å². The number of carbonyl (C=O) groups excluding carboxylic acids is 1. The molecule has 2 N–H and O–H groups in total. The van der Waals surface area contributed by atoms with E-state index in [4.69, 9.17) is 0 Å². The third kappa shape index (κ3) is 4.86. The van der Waals surface area contributed by atoms with Gasteiger partial charge in [0.25, 0.3) is 0 Å². The molecule has 0 unspecified atom stereocenters. The van der Waals surface area contributed by atoms with Gasteiger partial charge in [0, 0.05) is 18.9 Å². The minimum atomic E-state index is -0.311. The summed E-state index contributed by atoms with van der Waals surface area (Å²) in [5.74, 6) is -0.216. The number of hydrogen-bond donors (Lipinski definition) is 2. The Balaban J connectivity index is 1.60. The SMILES string of the molecule is CN(CC(=O)N[C@@H](c1ccc(F)cc1)C1CC(O)C1)Cc1ccncc1. The fourth-order valence-corrected chi connectivity index (χ4v) is 3.37. The van der Waals surface area contributed by atoms with Gasteiger partial charge >= 0.3 is 0 Å². The zero-order chi connectivity index (χ0) is 18.5. The zero-order valence-corrected chi connectivity index (χ0v) is 14.8. The molecule has 3 rings (SSSR count). The first-order valence-corrected chi connectivity index (χ1v) is 8.81. The van der Waals surface area contributed by atoms with Crippen molar-refractivity contribution in [3.63, 3.8) is 0 Å². The number of halogens is 1. The van der Waals surface area contributed by atoms with Gasteiger partial charge in [0.2, 0.25) is 5.91 Å². The number of pyridine rings is 1. The molecule has 138 valence electrons. The normalized spacial score (nSPS) is 20.5. The lowest BCUT2D eigenvalue weighted by Gasteiger charge is -2.38. The number of aliphatic hydroxyl groups is 1. The van der Waals surface area contributed by atoms with Crippen molar-refractivity contribution in [2.75, 3.05) is 13.6 Å². The monoisotopic (exact) mass is 357 g/mol. The van der Waals surface area contributed by atoms with Crippen LogP contribution in [0.2, 0.25) is 0 Å². The number of benzene rings is 1. The summed E-state index contributed by atoms with van der Waals surface area (Å²) in [6, 6.07) is 9.84. The van der Waals surface area contributed by atoms with E-state index in [1.165, 1.54) is 12.1 Å². The Hall–Kier alpha value is -2.31. The molecule has 1 atom stereocenters. The Morgan fingerprint density at radius 2 is 1.92 bits per heavy atom. The van der Waals surface area contributed by atoms with E-state index >= 15 is 0 Å². The molecule has 0 radical (unpaired) electrons. The molecule has 6 heteroatoms. The van der Waals surface area contributed by atoms with Gasteiger partial charge in [-0.05, 0) is 61.2 Å². The third-order valence-electron chi connectivity index (χ3n) is 4.78. The molecule has 5 nitrogen and oxygen atoms in total. The first-order valence-electron chi connectivity index (χ1n) is 8.81. The van der Waals surface area contributed by atoms with Crippen molar-refractivity contribution < 1.29 is 14.3 Å². The third-order valence-corrected chi connectivity index (χ3v) is 4.78. The van der Waals surface area contributed by atoms with E-state index in [0.717, 1.165) is 11.1 Å². The van der Waals surface area contributed by atoms with Gasteiger partial charge in [0.05, 0.1) is 18.7 Å². The van der Waals surface area contributed by atoms with Gasteiger partial charge in [-0.1, -0.05) is 12.1 Å². The number of nitrogens with one attached hydrogen (secondary N) is 1. The second-order valence-electron chi connectivity index (χ2n) is 7.01. The van der Waals surface area contributed by atoms with Gasteiger partial charge in [-0.15, -0.1) is 0 Å². The van der Waals surface area contributed by atoms with Crippen molar-refractivity contribution in [2.45, 2.75) is 31.5 Å². The van der Waals surface area contributed by atoms with Crippen LogP contribution in [0.4, 0.5) is 4.39 Å². The molecule has 0 bridgehead atoms. The number of aliphatic hydroxyl groups excluding tert-OH is 1. The first-order chi connectivity index (χ1) is 12.5. The molecular weight excluding hydrogens is 333 g/mol. The van der Waals surface area contributed by atoms with Crippen LogP contribution in [-0.4, -0.2) is 40.6 Å². The predicted octanol–water partition coefficient (Wildman–Crippen LogP) is 2.28. The molecule has 1 heterocycles. The summed E-state index contributed by atoms with van der Waals surface area (Å²) in [5.41, 5.74) is 1.96. The molecule has 0 spiro atoms. The summed E-state index contributed by atoms with van der Waals surface area (Å²) in [7, 11) is 1.89. The number of rotatable bonds is 7. The van der Waals surface area contributed by atoms with Crippen LogP contribution in [0.5, 0.6) is 0 Å². The number of carbonyl (C=O) groups is 1. The van der Waals surface area contributed by atoms with Crippen LogP contribution in [0.25, 0.3) is 0 Å². The highest BCUT2D eigenvalue weighted by Gasteiger charge is 2.35. The molecule has 0 saturated heterocycles. The van der Waals surface area contributed by atoms with Crippen LogP contribution >= 0.6 is 0 Å². The highest BCUT2D eigenvalue weighted by Crippen LogP contribution is 2.38. The molecule has 1 aliphatic carbocycles. The van der Waals surface area contributed by atoms with Crippen LogP contribution in [0, 0.1) is 11.7 Å². The van der Waals surface area contributed by atoms with Crippen molar-refractivity contribution in [1.29, 1.82) is 0 Å². The van der Waals surface area contributed by atoms with Crippen LogP contribution in [0.1, 0.15) is 30.0 Å². The van der Waals surface area contributed by atoms with Gasteiger partial charge in [-0.2, -0.15) is 0 Å². The van der Waals surface area contributed by atoms with Crippen LogP contribution < -0.4 is 5.32 Å². The maximum Gasteiger partial charge on any atom is 0.234 e. The average molecular weight is 357 g/mol. The van der Waals surface area contributed by atoms with E-state index in [9.17, 15) is 14.3 Å². The number of amides is 1. The van der Waals surface area contributed by atoms with Crippen molar-refractivity contribution in [1.82, 2.24) is 15.2 Å². The second-order valence-corrected chi connectivity index (χ2v) is 7.01. The van der Waals surface area contributed by atoms with Crippen LogP contribution in [0.3, 0.4) is 0 Å². The fourth-order valence-electron chi connectivity index (χ4n) is 3.37. The van der Waals surface area contributed by atoms with Gasteiger partial charge < -0.3 is 10.4 Å². The molecule has 1 amide bonds. The topological polar surface area (TPSA) is 65.5 Å². The lowest BCUT2D eigenvalue weighted by Crippen LogP contribution is -2.44. The predicted molar refractivity (Wildman–Crippen MR) is 96.6 cm³/mol. The Labute approximate surface area is 152 Å². The van der Waals surface area contributed by atoms with Crippen molar-refractivity contribution in [3.8, 4) is 0 Å².